The van der Waals surface area contributed by atoms with Gasteiger partial charge in [0.2, 0.25) is 0 Å². The van der Waals surface area contributed by atoms with E-state index in [-0.39, 0.29) is 12.1 Å². The van der Waals surface area contributed by atoms with Gasteiger partial charge in [0.1, 0.15) is 0 Å². The molecular weight excluding hydrogens is 202 g/mol. The maximum atomic E-state index is 11.8. The van der Waals surface area contributed by atoms with Gasteiger partial charge < -0.3 is 5.32 Å². The summed E-state index contributed by atoms with van der Waals surface area (Å²) in [5.74, 6) is 0. The largest absolute Gasteiger partial charge is 0.312 e. The minimum absolute atomic E-state index is 0.199. The van der Waals surface area contributed by atoms with Crippen molar-refractivity contribution in [1.29, 1.82) is 0 Å². The van der Waals surface area contributed by atoms with Gasteiger partial charge >= 0.3 is 0 Å². The number of piperazine rings is 1. The average Bonchev–Trinajstić information content (AvgIpc) is 2.87. The second-order valence-electron chi connectivity index (χ2n) is 4.11. The molecule has 0 aromatic heterocycles. The lowest BCUT2D eigenvalue weighted by Gasteiger charge is -2.30. The molecule has 6 heteroatoms. The summed E-state index contributed by atoms with van der Waals surface area (Å²) in [7, 11) is -3.21. The standard InChI is InChI=1S/C8H17N3O2S/c1-7-6-11(5-4-9-7)14(12,13)10-8-2-3-8/h7-10H,2-6H2,1H3/t7-/m1/s1. The topological polar surface area (TPSA) is 61.4 Å². The molecule has 0 spiro atoms. The first kappa shape index (κ1) is 10.4. The Morgan fingerprint density at radius 3 is 2.71 bits per heavy atom. The Labute approximate surface area is 85.0 Å². The van der Waals surface area contributed by atoms with Crippen molar-refractivity contribution in [2.45, 2.75) is 31.8 Å². The Morgan fingerprint density at radius 1 is 1.43 bits per heavy atom. The molecule has 2 N–H and O–H groups in total. The second-order valence-corrected chi connectivity index (χ2v) is 5.81. The molecule has 0 aromatic rings. The predicted molar refractivity (Wildman–Crippen MR) is 54.1 cm³/mol. The van der Waals surface area contributed by atoms with E-state index in [0.717, 1.165) is 19.4 Å². The lowest BCUT2D eigenvalue weighted by atomic mass is 10.3. The van der Waals surface area contributed by atoms with Gasteiger partial charge in [-0.25, -0.2) is 0 Å². The van der Waals surface area contributed by atoms with Crippen LogP contribution in [0.3, 0.4) is 0 Å². The van der Waals surface area contributed by atoms with Crippen LogP contribution >= 0.6 is 0 Å². The fourth-order valence-corrected chi connectivity index (χ4v) is 3.16. The van der Waals surface area contributed by atoms with E-state index in [1.54, 1.807) is 0 Å². The Morgan fingerprint density at radius 2 is 2.14 bits per heavy atom. The normalized spacial score (nSPS) is 30.5. The molecule has 1 atom stereocenters. The molecule has 82 valence electrons. The van der Waals surface area contributed by atoms with Crippen LogP contribution in [0.25, 0.3) is 0 Å². The van der Waals surface area contributed by atoms with Crippen molar-refractivity contribution in [1.82, 2.24) is 14.3 Å². The molecule has 2 rings (SSSR count). The van der Waals surface area contributed by atoms with E-state index in [1.807, 2.05) is 6.92 Å². The molecule has 0 bridgehead atoms. The summed E-state index contributed by atoms with van der Waals surface area (Å²) < 4.78 is 27.8. The van der Waals surface area contributed by atoms with E-state index < -0.39 is 10.2 Å². The van der Waals surface area contributed by atoms with Gasteiger partial charge in [0.15, 0.2) is 0 Å². The molecule has 2 fully saturated rings. The molecule has 0 unspecified atom stereocenters. The van der Waals surface area contributed by atoms with Crippen LogP contribution in [0.15, 0.2) is 0 Å². The van der Waals surface area contributed by atoms with Gasteiger partial charge in [0.25, 0.3) is 10.2 Å². The summed E-state index contributed by atoms with van der Waals surface area (Å²) in [6.45, 7) is 3.89. The average molecular weight is 219 g/mol. The minimum atomic E-state index is -3.21. The van der Waals surface area contributed by atoms with E-state index in [0.29, 0.717) is 13.1 Å². The maximum Gasteiger partial charge on any atom is 0.279 e. The lowest BCUT2D eigenvalue weighted by molar-refractivity contribution is 0.306. The van der Waals surface area contributed by atoms with Crippen molar-refractivity contribution in [2.24, 2.45) is 0 Å². The highest BCUT2D eigenvalue weighted by Crippen LogP contribution is 2.20. The zero-order valence-electron chi connectivity index (χ0n) is 8.36. The third kappa shape index (κ3) is 2.44. The molecule has 0 radical (unpaired) electrons. The van der Waals surface area contributed by atoms with E-state index in [4.69, 9.17) is 0 Å². The molecule has 5 nitrogen and oxygen atoms in total. The lowest BCUT2D eigenvalue weighted by Crippen LogP contribution is -2.54. The molecule has 1 heterocycles. The van der Waals surface area contributed by atoms with Crippen LogP contribution in [0, 0.1) is 0 Å². The van der Waals surface area contributed by atoms with Crippen molar-refractivity contribution in [3.8, 4) is 0 Å². The first-order valence-corrected chi connectivity index (χ1v) is 6.53. The van der Waals surface area contributed by atoms with Gasteiger partial charge in [-0.1, -0.05) is 0 Å². The van der Waals surface area contributed by atoms with E-state index >= 15 is 0 Å². The predicted octanol–water partition coefficient (Wildman–Crippen LogP) is -0.723. The monoisotopic (exact) mass is 219 g/mol. The molecule has 14 heavy (non-hydrogen) atoms. The first-order valence-electron chi connectivity index (χ1n) is 5.09. The van der Waals surface area contributed by atoms with Crippen LogP contribution in [0.5, 0.6) is 0 Å². The Kier molecular flexibility index (Phi) is 2.79. The molecule has 0 amide bonds. The maximum absolute atomic E-state index is 11.8. The van der Waals surface area contributed by atoms with Crippen LogP contribution in [-0.4, -0.2) is 44.4 Å². The fourth-order valence-electron chi connectivity index (χ4n) is 1.60. The van der Waals surface area contributed by atoms with Gasteiger partial charge in [-0.05, 0) is 19.8 Å². The third-order valence-corrected chi connectivity index (χ3v) is 4.21. The summed E-state index contributed by atoms with van der Waals surface area (Å²) in [5, 5.41) is 3.22. The van der Waals surface area contributed by atoms with Crippen LogP contribution in [-0.2, 0) is 10.2 Å². The highest BCUT2D eigenvalue weighted by molar-refractivity contribution is 7.87. The Bertz CT molecular complexity index is 300. The first-order chi connectivity index (χ1) is 6.58. The Balaban J connectivity index is 1.97. The van der Waals surface area contributed by atoms with Crippen molar-refractivity contribution >= 4 is 10.2 Å². The molecule has 1 aliphatic heterocycles. The van der Waals surface area contributed by atoms with Gasteiger partial charge in [0, 0.05) is 31.7 Å². The van der Waals surface area contributed by atoms with Crippen molar-refractivity contribution in [3.05, 3.63) is 0 Å². The van der Waals surface area contributed by atoms with Crippen LogP contribution in [0.4, 0.5) is 0 Å². The zero-order chi connectivity index (χ0) is 10.2. The number of rotatable bonds is 3. The Hall–Kier alpha value is -0.170. The van der Waals surface area contributed by atoms with Gasteiger partial charge in [-0.2, -0.15) is 17.4 Å². The van der Waals surface area contributed by atoms with Crippen molar-refractivity contribution < 1.29 is 8.42 Å². The number of hydrogen-bond donors (Lipinski definition) is 2. The third-order valence-electron chi connectivity index (χ3n) is 2.56. The van der Waals surface area contributed by atoms with Crippen molar-refractivity contribution in [2.75, 3.05) is 19.6 Å². The smallest absolute Gasteiger partial charge is 0.279 e. The molecular formula is C8H17N3O2S. The molecule has 1 aliphatic carbocycles. The van der Waals surface area contributed by atoms with Gasteiger partial charge in [-0.15, -0.1) is 0 Å². The number of nitrogens with zero attached hydrogens (tertiary/aromatic N) is 1. The second kappa shape index (κ2) is 3.77. The van der Waals surface area contributed by atoms with E-state index in [2.05, 4.69) is 10.0 Å². The van der Waals surface area contributed by atoms with Crippen molar-refractivity contribution in [3.63, 3.8) is 0 Å². The summed E-state index contributed by atoms with van der Waals surface area (Å²) in [4.78, 5) is 0. The fraction of sp³-hybridized carbons (Fsp3) is 1.00. The summed E-state index contributed by atoms with van der Waals surface area (Å²) in [5.41, 5.74) is 0. The van der Waals surface area contributed by atoms with Crippen LogP contribution in [0.2, 0.25) is 0 Å². The number of nitrogens with one attached hydrogen (secondary N) is 2. The molecule has 2 aliphatic rings. The molecule has 0 aromatic carbocycles. The zero-order valence-corrected chi connectivity index (χ0v) is 9.18. The summed E-state index contributed by atoms with van der Waals surface area (Å²) in [6.07, 6.45) is 1.97. The SMILES string of the molecule is C[C@@H]1CN(S(=O)(=O)NC2CC2)CCN1. The van der Waals surface area contributed by atoms with Crippen LogP contribution in [0.1, 0.15) is 19.8 Å². The minimum Gasteiger partial charge on any atom is -0.312 e. The van der Waals surface area contributed by atoms with E-state index in [1.165, 1.54) is 4.31 Å². The summed E-state index contributed by atoms with van der Waals surface area (Å²) in [6, 6.07) is 0.449. The van der Waals surface area contributed by atoms with Gasteiger partial charge in [0.05, 0.1) is 0 Å². The summed E-state index contributed by atoms with van der Waals surface area (Å²) >= 11 is 0. The quantitative estimate of drug-likeness (QED) is 0.658. The van der Waals surface area contributed by atoms with Crippen LogP contribution < -0.4 is 10.0 Å². The van der Waals surface area contributed by atoms with Gasteiger partial charge in [-0.3, -0.25) is 0 Å². The highest BCUT2D eigenvalue weighted by atomic mass is 32.2. The molecule has 1 saturated heterocycles. The highest BCUT2D eigenvalue weighted by Gasteiger charge is 2.32. The molecule has 1 saturated carbocycles. The number of hydrogen-bond acceptors (Lipinski definition) is 3. The van der Waals surface area contributed by atoms with E-state index in [9.17, 15) is 8.42 Å².